The van der Waals surface area contributed by atoms with Crippen LogP contribution in [0.25, 0.3) is 22.0 Å². The van der Waals surface area contributed by atoms with E-state index in [1.165, 1.54) is 11.3 Å². The van der Waals surface area contributed by atoms with Crippen LogP contribution in [0.3, 0.4) is 0 Å². The number of rotatable bonds is 3. The molecule has 0 spiro atoms. The molecule has 0 bridgehead atoms. The summed E-state index contributed by atoms with van der Waals surface area (Å²) in [4.78, 5) is 10.6. The summed E-state index contributed by atoms with van der Waals surface area (Å²) in [6.07, 6.45) is -4.52. The molecule has 2 aromatic heterocycles. The summed E-state index contributed by atoms with van der Waals surface area (Å²) in [6, 6.07) is 11.6. The molecular formula is C17H14F3N3S. The van der Waals surface area contributed by atoms with Gasteiger partial charge in [-0.1, -0.05) is 6.07 Å². The lowest BCUT2D eigenvalue weighted by Crippen LogP contribution is -2.10. The number of benzene rings is 1. The van der Waals surface area contributed by atoms with Crippen molar-refractivity contribution in [2.75, 3.05) is 19.0 Å². The van der Waals surface area contributed by atoms with Gasteiger partial charge in [0, 0.05) is 25.3 Å². The quantitative estimate of drug-likeness (QED) is 0.669. The predicted octanol–water partition coefficient (Wildman–Crippen LogP) is 4.96. The van der Waals surface area contributed by atoms with Gasteiger partial charge in [-0.05, 0) is 41.8 Å². The zero-order valence-corrected chi connectivity index (χ0v) is 13.8. The smallest absolute Gasteiger partial charge is 0.378 e. The number of nitrogens with zero attached hydrogens (tertiary/aromatic N) is 3. The van der Waals surface area contributed by atoms with Gasteiger partial charge in [0.05, 0.1) is 10.6 Å². The Hall–Kier alpha value is -2.41. The number of alkyl halides is 3. The summed E-state index contributed by atoms with van der Waals surface area (Å²) >= 11 is 1.34. The fourth-order valence-electron chi connectivity index (χ4n) is 2.18. The minimum absolute atomic E-state index is 0.0681. The molecule has 0 fully saturated rings. The van der Waals surface area contributed by atoms with Crippen molar-refractivity contribution in [3.63, 3.8) is 0 Å². The molecule has 0 amide bonds. The van der Waals surface area contributed by atoms with Crippen molar-refractivity contribution < 1.29 is 13.2 Å². The number of aromatic nitrogens is 2. The van der Waals surface area contributed by atoms with E-state index in [9.17, 15) is 13.2 Å². The Labute approximate surface area is 141 Å². The van der Waals surface area contributed by atoms with E-state index in [0.29, 0.717) is 10.4 Å². The van der Waals surface area contributed by atoms with Crippen molar-refractivity contribution in [3.8, 4) is 22.0 Å². The van der Waals surface area contributed by atoms with Crippen molar-refractivity contribution in [2.24, 2.45) is 0 Å². The SMILES string of the molecule is CN(C)c1ccc(-c2nc(-c3cccs3)cc(C(F)(F)F)n2)cc1. The number of thiophene rings is 1. The van der Waals surface area contributed by atoms with E-state index >= 15 is 0 Å². The topological polar surface area (TPSA) is 29.0 Å². The average Bonchev–Trinajstić information content (AvgIpc) is 3.08. The summed E-state index contributed by atoms with van der Waals surface area (Å²) < 4.78 is 39.5. The zero-order chi connectivity index (χ0) is 17.3. The maximum Gasteiger partial charge on any atom is 0.433 e. The van der Waals surface area contributed by atoms with E-state index in [-0.39, 0.29) is 11.5 Å². The second-order valence-electron chi connectivity index (χ2n) is 5.38. The molecule has 3 rings (SSSR count). The molecule has 0 N–H and O–H groups in total. The molecule has 0 aliphatic carbocycles. The van der Waals surface area contributed by atoms with E-state index in [1.54, 1.807) is 29.6 Å². The molecule has 0 aliphatic heterocycles. The lowest BCUT2D eigenvalue weighted by Gasteiger charge is -2.13. The predicted molar refractivity (Wildman–Crippen MR) is 90.1 cm³/mol. The second kappa shape index (κ2) is 6.24. The highest BCUT2D eigenvalue weighted by Gasteiger charge is 2.34. The Bertz CT molecular complexity index is 825. The van der Waals surface area contributed by atoms with Gasteiger partial charge >= 0.3 is 6.18 Å². The number of hydrogen-bond acceptors (Lipinski definition) is 4. The Morgan fingerprint density at radius 2 is 1.71 bits per heavy atom. The van der Waals surface area contributed by atoms with Crippen LogP contribution < -0.4 is 4.90 Å². The van der Waals surface area contributed by atoms with Crippen LogP contribution in [0.4, 0.5) is 18.9 Å². The number of halogens is 3. The van der Waals surface area contributed by atoms with E-state index in [4.69, 9.17) is 0 Å². The third-order valence-corrected chi connectivity index (χ3v) is 4.32. The van der Waals surface area contributed by atoms with Gasteiger partial charge in [0.1, 0.15) is 5.69 Å². The van der Waals surface area contributed by atoms with Crippen LogP contribution in [-0.4, -0.2) is 24.1 Å². The van der Waals surface area contributed by atoms with Crippen LogP contribution in [0.1, 0.15) is 5.69 Å². The summed E-state index contributed by atoms with van der Waals surface area (Å²) in [5, 5.41) is 1.80. The van der Waals surface area contributed by atoms with Crippen LogP contribution in [0, 0.1) is 0 Å². The first-order valence-electron chi connectivity index (χ1n) is 7.12. The van der Waals surface area contributed by atoms with Gasteiger partial charge in [0.2, 0.25) is 0 Å². The van der Waals surface area contributed by atoms with E-state index in [0.717, 1.165) is 11.8 Å². The molecular weight excluding hydrogens is 335 g/mol. The van der Waals surface area contributed by atoms with Gasteiger partial charge in [0.25, 0.3) is 0 Å². The molecule has 0 atom stereocenters. The van der Waals surface area contributed by atoms with Crippen LogP contribution in [-0.2, 0) is 6.18 Å². The summed E-state index contributed by atoms with van der Waals surface area (Å²) in [6.45, 7) is 0. The molecule has 0 aliphatic rings. The van der Waals surface area contributed by atoms with Crippen LogP contribution in [0.2, 0.25) is 0 Å². The molecule has 3 nitrogen and oxygen atoms in total. The lowest BCUT2D eigenvalue weighted by atomic mass is 10.1. The molecule has 0 radical (unpaired) electrons. The van der Waals surface area contributed by atoms with Gasteiger partial charge < -0.3 is 4.90 Å². The third kappa shape index (κ3) is 3.41. The number of anilines is 1. The highest BCUT2D eigenvalue weighted by atomic mass is 32.1. The Morgan fingerprint density at radius 1 is 1.00 bits per heavy atom. The number of hydrogen-bond donors (Lipinski definition) is 0. The molecule has 24 heavy (non-hydrogen) atoms. The van der Waals surface area contributed by atoms with Crippen molar-refractivity contribution >= 4 is 17.0 Å². The van der Waals surface area contributed by atoms with Gasteiger partial charge in [0.15, 0.2) is 5.82 Å². The maximum atomic E-state index is 13.2. The first kappa shape index (κ1) is 16.4. The minimum Gasteiger partial charge on any atom is -0.378 e. The molecule has 3 aromatic rings. The second-order valence-corrected chi connectivity index (χ2v) is 6.33. The molecule has 2 heterocycles. The summed E-state index contributed by atoms with van der Waals surface area (Å²) in [7, 11) is 3.79. The maximum absolute atomic E-state index is 13.2. The van der Waals surface area contributed by atoms with Gasteiger partial charge in [-0.25, -0.2) is 9.97 Å². The normalized spacial score (nSPS) is 11.5. The molecule has 1 aromatic carbocycles. The molecule has 124 valence electrons. The van der Waals surface area contributed by atoms with Crippen LogP contribution in [0.15, 0.2) is 47.8 Å². The van der Waals surface area contributed by atoms with E-state index < -0.39 is 11.9 Å². The van der Waals surface area contributed by atoms with Gasteiger partial charge in [-0.15, -0.1) is 11.3 Å². The van der Waals surface area contributed by atoms with Gasteiger partial charge in [-0.3, -0.25) is 0 Å². The first-order valence-corrected chi connectivity index (χ1v) is 8.00. The van der Waals surface area contributed by atoms with E-state index in [2.05, 4.69) is 9.97 Å². The highest BCUT2D eigenvalue weighted by Crippen LogP contribution is 2.33. The standard InChI is InChI=1S/C17H14F3N3S/c1-23(2)12-7-5-11(6-8-12)16-21-13(14-4-3-9-24-14)10-15(22-16)17(18,19)20/h3-10H,1-2H3. The highest BCUT2D eigenvalue weighted by molar-refractivity contribution is 7.13. The van der Waals surface area contributed by atoms with Crippen molar-refractivity contribution in [1.82, 2.24) is 9.97 Å². The third-order valence-electron chi connectivity index (χ3n) is 3.43. The fourth-order valence-corrected chi connectivity index (χ4v) is 2.87. The van der Waals surface area contributed by atoms with Crippen molar-refractivity contribution in [1.29, 1.82) is 0 Å². The van der Waals surface area contributed by atoms with E-state index in [1.807, 2.05) is 31.1 Å². The largest absolute Gasteiger partial charge is 0.433 e. The molecule has 0 saturated heterocycles. The van der Waals surface area contributed by atoms with Crippen molar-refractivity contribution in [2.45, 2.75) is 6.18 Å². The summed E-state index contributed by atoms with van der Waals surface area (Å²) in [5.41, 5.74) is 0.834. The molecule has 0 saturated carbocycles. The summed E-state index contributed by atoms with van der Waals surface area (Å²) in [5.74, 6) is 0.0681. The monoisotopic (exact) mass is 349 g/mol. The zero-order valence-electron chi connectivity index (χ0n) is 13.0. The first-order chi connectivity index (χ1) is 11.3. The average molecular weight is 349 g/mol. The molecule has 0 unspecified atom stereocenters. The Morgan fingerprint density at radius 3 is 2.25 bits per heavy atom. The van der Waals surface area contributed by atoms with Gasteiger partial charge in [-0.2, -0.15) is 13.2 Å². The minimum atomic E-state index is -4.52. The fraction of sp³-hybridized carbons (Fsp3) is 0.176. The Kier molecular flexibility index (Phi) is 4.28. The van der Waals surface area contributed by atoms with Crippen molar-refractivity contribution in [3.05, 3.63) is 53.5 Å². The lowest BCUT2D eigenvalue weighted by molar-refractivity contribution is -0.141. The molecule has 7 heteroatoms. The Balaban J connectivity index is 2.11. The van der Waals surface area contributed by atoms with Crippen LogP contribution >= 0.6 is 11.3 Å². The van der Waals surface area contributed by atoms with Crippen LogP contribution in [0.5, 0.6) is 0 Å².